The van der Waals surface area contributed by atoms with Crippen LogP contribution in [-0.2, 0) is 0 Å². The molecular weight excluding hydrogens is 244 g/mol. The molecule has 0 fully saturated rings. The zero-order chi connectivity index (χ0) is 9.97. The van der Waals surface area contributed by atoms with Gasteiger partial charge in [-0.25, -0.2) is 0 Å². The summed E-state index contributed by atoms with van der Waals surface area (Å²) in [4.78, 5) is 10.4. The van der Waals surface area contributed by atoms with Crippen LogP contribution in [0.5, 0.6) is 0 Å². The van der Waals surface area contributed by atoms with E-state index < -0.39 is 0 Å². The Hall–Kier alpha value is -1.35. The molecule has 0 unspecified atom stereocenters. The fourth-order valence-electron chi connectivity index (χ4n) is 1.20. The van der Waals surface area contributed by atoms with Crippen LogP contribution in [0.15, 0.2) is 45.5 Å². The van der Waals surface area contributed by atoms with E-state index in [1.54, 1.807) is 12.1 Å². The van der Waals surface area contributed by atoms with E-state index in [1.165, 1.54) is 0 Å². The minimum atomic E-state index is 0.666. The third kappa shape index (κ3) is 1.77. The van der Waals surface area contributed by atoms with E-state index in [9.17, 15) is 4.79 Å². The molecule has 0 saturated carbocycles. The Morgan fingerprint density at radius 1 is 1.07 bits per heavy atom. The average Bonchev–Trinajstić information content (AvgIpc) is 2.65. The third-order valence-corrected chi connectivity index (χ3v) is 2.33. The van der Waals surface area contributed by atoms with Crippen molar-refractivity contribution in [2.24, 2.45) is 0 Å². The monoisotopic (exact) mass is 250 g/mol. The molecule has 2 nitrogen and oxygen atoms in total. The fraction of sp³-hybridized carbons (Fsp3) is 0. The number of benzene rings is 1. The normalized spacial score (nSPS) is 10.1. The van der Waals surface area contributed by atoms with Crippen molar-refractivity contribution >= 4 is 22.2 Å². The molecule has 14 heavy (non-hydrogen) atoms. The van der Waals surface area contributed by atoms with Gasteiger partial charge < -0.3 is 4.42 Å². The summed E-state index contributed by atoms with van der Waals surface area (Å²) in [6.07, 6.45) is 0.821. The van der Waals surface area contributed by atoms with Gasteiger partial charge in [0.25, 0.3) is 0 Å². The molecule has 0 amide bonds. The maximum atomic E-state index is 10.4. The zero-order valence-corrected chi connectivity index (χ0v) is 8.82. The van der Waals surface area contributed by atoms with Crippen LogP contribution in [0.4, 0.5) is 0 Å². The first-order valence-electron chi connectivity index (χ1n) is 4.10. The van der Waals surface area contributed by atoms with Crippen molar-refractivity contribution in [3.05, 3.63) is 46.6 Å². The van der Waals surface area contributed by atoms with Crippen LogP contribution in [0.2, 0.25) is 0 Å². The molecule has 1 aromatic heterocycles. The highest BCUT2D eigenvalue weighted by atomic mass is 79.9. The van der Waals surface area contributed by atoms with Crippen molar-refractivity contribution in [2.45, 2.75) is 0 Å². The van der Waals surface area contributed by atoms with Gasteiger partial charge in [-0.2, -0.15) is 0 Å². The van der Waals surface area contributed by atoms with Gasteiger partial charge in [0, 0.05) is 11.1 Å². The molecule has 2 rings (SSSR count). The quantitative estimate of drug-likeness (QED) is 0.764. The molecule has 0 atom stereocenters. The van der Waals surface area contributed by atoms with Gasteiger partial charge >= 0.3 is 0 Å². The molecule has 0 radical (unpaired) electrons. The van der Waals surface area contributed by atoms with Crippen LogP contribution < -0.4 is 0 Å². The summed E-state index contributed by atoms with van der Waals surface area (Å²) in [5.74, 6) is 0.786. The number of rotatable bonds is 2. The van der Waals surface area contributed by atoms with Crippen LogP contribution >= 0.6 is 15.9 Å². The molecule has 3 heteroatoms. The maximum absolute atomic E-state index is 10.4. The molecule has 0 aliphatic carbocycles. The third-order valence-electron chi connectivity index (χ3n) is 1.90. The number of carbonyl (C=O) groups excluding carboxylic acids is 1. The molecule has 1 aromatic carbocycles. The lowest BCUT2D eigenvalue weighted by molar-refractivity contribution is 0.112. The van der Waals surface area contributed by atoms with Gasteiger partial charge in [-0.1, -0.05) is 24.3 Å². The van der Waals surface area contributed by atoms with Crippen LogP contribution in [0.25, 0.3) is 11.3 Å². The zero-order valence-electron chi connectivity index (χ0n) is 7.24. The Bertz CT molecular complexity index is 443. The van der Waals surface area contributed by atoms with E-state index in [4.69, 9.17) is 4.42 Å². The minimum Gasteiger partial charge on any atom is -0.449 e. The van der Waals surface area contributed by atoms with Gasteiger partial charge in [0.05, 0.1) is 0 Å². The Morgan fingerprint density at radius 3 is 2.29 bits per heavy atom. The lowest BCUT2D eigenvalue weighted by Gasteiger charge is -1.96. The summed E-state index contributed by atoms with van der Waals surface area (Å²) >= 11 is 3.23. The number of halogens is 1. The summed E-state index contributed by atoms with van der Waals surface area (Å²) in [5.41, 5.74) is 1.63. The number of aldehydes is 1. The topological polar surface area (TPSA) is 30.2 Å². The Morgan fingerprint density at radius 2 is 1.79 bits per heavy atom. The molecule has 0 N–H and O–H groups in total. The molecule has 70 valence electrons. The first-order chi connectivity index (χ1) is 6.79. The highest BCUT2D eigenvalue weighted by Gasteiger charge is 2.02. The second-order valence-corrected chi connectivity index (χ2v) is 3.63. The summed E-state index contributed by atoms with van der Waals surface area (Å²) < 4.78 is 6.07. The van der Waals surface area contributed by atoms with E-state index in [1.807, 2.05) is 24.3 Å². The summed E-state index contributed by atoms with van der Waals surface area (Å²) in [7, 11) is 0. The summed E-state index contributed by atoms with van der Waals surface area (Å²) in [6, 6.07) is 10.9. The fourth-order valence-corrected chi connectivity index (χ4v) is 1.50. The van der Waals surface area contributed by atoms with E-state index in [-0.39, 0.29) is 0 Å². The van der Waals surface area contributed by atoms with Crippen molar-refractivity contribution < 1.29 is 9.21 Å². The van der Waals surface area contributed by atoms with Gasteiger partial charge in [0.2, 0.25) is 0 Å². The first kappa shape index (κ1) is 9.21. The Balaban J connectivity index is 2.38. The highest BCUT2D eigenvalue weighted by molar-refractivity contribution is 9.10. The van der Waals surface area contributed by atoms with E-state index in [2.05, 4.69) is 15.9 Å². The number of hydrogen-bond donors (Lipinski definition) is 0. The van der Waals surface area contributed by atoms with Crippen molar-refractivity contribution in [3.8, 4) is 11.3 Å². The molecule has 0 aliphatic rings. The molecule has 0 saturated heterocycles. The van der Waals surface area contributed by atoms with Crippen molar-refractivity contribution in [3.63, 3.8) is 0 Å². The molecule has 0 spiro atoms. The number of furan rings is 1. The smallest absolute Gasteiger partial charge is 0.169 e. The standard InChI is InChI=1S/C11H7BrO2/c12-11-6-5-10(14-11)9-3-1-8(7-13)2-4-9/h1-7H. The molecular formula is C11H7BrO2. The van der Waals surface area contributed by atoms with Gasteiger partial charge in [-0.15, -0.1) is 0 Å². The lowest BCUT2D eigenvalue weighted by atomic mass is 10.1. The van der Waals surface area contributed by atoms with Crippen LogP contribution in [-0.4, -0.2) is 6.29 Å². The minimum absolute atomic E-state index is 0.666. The maximum Gasteiger partial charge on any atom is 0.169 e. The van der Waals surface area contributed by atoms with E-state index >= 15 is 0 Å². The first-order valence-corrected chi connectivity index (χ1v) is 4.90. The van der Waals surface area contributed by atoms with Crippen molar-refractivity contribution in [1.82, 2.24) is 0 Å². The summed E-state index contributed by atoms with van der Waals surface area (Å²) in [5, 5.41) is 0. The number of hydrogen-bond acceptors (Lipinski definition) is 2. The lowest BCUT2D eigenvalue weighted by Crippen LogP contribution is -1.78. The molecule has 2 aromatic rings. The second-order valence-electron chi connectivity index (χ2n) is 2.84. The van der Waals surface area contributed by atoms with Gasteiger partial charge in [-0.05, 0) is 28.1 Å². The Kier molecular flexibility index (Phi) is 2.50. The predicted molar refractivity (Wildman–Crippen MR) is 57.2 cm³/mol. The largest absolute Gasteiger partial charge is 0.449 e. The van der Waals surface area contributed by atoms with Crippen LogP contribution in [0, 0.1) is 0 Å². The van der Waals surface area contributed by atoms with Crippen LogP contribution in [0.1, 0.15) is 10.4 Å². The van der Waals surface area contributed by atoms with Crippen molar-refractivity contribution in [1.29, 1.82) is 0 Å². The van der Waals surface area contributed by atoms with Crippen molar-refractivity contribution in [2.75, 3.05) is 0 Å². The second kappa shape index (κ2) is 3.80. The van der Waals surface area contributed by atoms with Gasteiger partial charge in [-0.3, -0.25) is 4.79 Å². The van der Waals surface area contributed by atoms with Crippen LogP contribution in [0.3, 0.4) is 0 Å². The number of carbonyl (C=O) groups is 1. The molecule has 0 bridgehead atoms. The van der Waals surface area contributed by atoms with Gasteiger partial charge in [0.15, 0.2) is 4.67 Å². The highest BCUT2D eigenvalue weighted by Crippen LogP contribution is 2.24. The van der Waals surface area contributed by atoms with Gasteiger partial charge in [0.1, 0.15) is 12.0 Å². The average molecular weight is 251 g/mol. The molecule has 0 aliphatic heterocycles. The predicted octanol–water partition coefficient (Wildman–Crippen LogP) is 3.52. The van der Waals surface area contributed by atoms with E-state index in [0.29, 0.717) is 10.2 Å². The molecule has 1 heterocycles. The van der Waals surface area contributed by atoms with E-state index in [0.717, 1.165) is 17.6 Å². The Labute approximate surface area is 89.7 Å². The summed E-state index contributed by atoms with van der Waals surface area (Å²) in [6.45, 7) is 0. The SMILES string of the molecule is O=Cc1ccc(-c2ccc(Br)o2)cc1.